The van der Waals surface area contributed by atoms with Crippen molar-refractivity contribution in [2.45, 2.75) is 20.5 Å². The van der Waals surface area contributed by atoms with Gasteiger partial charge in [-0.1, -0.05) is 47.5 Å². The van der Waals surface area contributed by atoms with Crippen molar-refractivity contribution in [3.05, 3.63) is 92.4 Å². The topological polar surface area (TPSA) is 71.3 Å². The van der Waals surface area contributed by atoms with Gasteiger partial charge in [0, 0.05) is 10.7 Å². The fourth-order valence-corrected chi connectivity index (χ4v) is 3.76. The molecule has 0 atom stereocenters. The Labute approximate surface area is 206 Å². The van der Waals surface area contributed by atoms with E-state index in [-0.39, 0.29) is 5.57 Å². The van der Waals surface area contributed by atoms with Crippen molar-refractivity contribution in [1.29, 1.82) is 5.26 Å². The molecule has 0 saturated carbocycles. The average molecular weight is 526 g/mol. The molecule has 0 aromatic heterocycles. The number of nitrogens with one attached hydrogen (secondary N) is 1. The van der Waals surface area contributed by atoms with Crippen LogP contribution in [0.2, 0.25) is 5.02 Å². The lowest BCUT2D eigenvalue weighted by Crippen LogP contribution is -2.13. The first-order valence-corrected chi connectivity index (χ1v) is 11.4. The summed E-state index contributed by atoms with van der Waals surface area (Å²) in [5, 5.41) is 12.7. The number of carbonyl (C=O) groups excluding carboxylic acids is 1. The van der Waals surface area contributed by atoms with Crippen molar-refractivity contribution < 1.29 is 14.3 Å². The molecule has 0 aliphatic heterocycles. The molecule has 168 valence electrons. The number of halogens is 2. The van der Waals surface area contributed by atoms with Crippen LogP contribution < -0.4 is 14.8 Å². The number of hydrogen-bond acceptors (Lipinski definition) is 4. The molecule has 0 radical (unpaired) electrons. The van der Waals surface area contributed by atoms with Gasteiger partial charge in [-0.3, -0.25) is 4.79 Å². The van der Waals surface area contributed by atoms with Crippen LogP contribution in [0.25, 0.3) is 6.08 Å². The first kappa shape index (κ1) is 24.4. The summed E-state index contributed by atoms with van der Waals surface area (Å²) >= 11 is 9.49. The highest BCUT2D eigenvalue weighted by Gasteiger charge is 2.15. The largest absolute Gasteiger partial charge is 0.490 e. The molecule has 0 heterocycles. The third-order valence-corrected chi connectivity index (χ3v) is 5.42. The van der Waals surface area contributed by atoms with Gasteiger partial charge in [-0.05, 0) is 77.3 Å². The molecule has 0 saturated heterocycles. The quantitative estimate of drug-likeness (QED) is 0.256. The smallest absolute Gasteiger partial charge is 0.266 e. The normalized spacial score (nSPS) is 10.9. The van der Waals surface area contributed by atoms with E-state index < -0.39 is 5.91 Å². The summed E-state index contributed by atoms with van der Waals surface area (Å²) < 4.78 is 12.4. The highest BCUT2D eigenvalue weighted by molar-refractivity contribution is 9.10. The number of amides is 1. The van der Waals surface area contributed by atoms with E-state index in [1.165, 1.54) is 11.6 Å². The second-order valence-corrected chi connectivity index (χ2v) is 8.46. The zero-order valence-corrected chi connectivity index (χ0v) is 20.5. The Kier molecular flexibility index (Phi) is 8.53. The van der Waals surface area contributed by atoms with Crippen molar-refractivity contribution in [2.24, 2.45) is 0 Å². The predicted octanol–water partition coefficient (Wildman–Crippen LogP) is 6.93. The lowest BCUT2D eigenvalue weighted by molar-refractivity contribution is -0.112. The number of ether oxygens (including phenoxy) is 2. The minimum atomic E-state index is -0.534. The van der Waals surface area contributed by atoms with Crippen LogP contribution in [0.1, 0.15) is 23.6 Å². The summed E-state index contributed by atoms with van der Waals surface area (Å²) in [5.74, 6) is 0.530. The molecule has 0 aliphatic carbocycles. The summed E-state index contributed by atoms with van der Waals surface area (Å²) in [6, 6.07) is 20.3. The van der Waals surface area contributed by atoms with Gasteiger partial charge in [0.25, 0.3) is 5.91 Å². The van der Waals surface area contributed by atoms with Crippen LogP contribution in [0.5, 0.6) is 11.5 Å². The SMILES string of the molecule is CCOc1cc(/C=C(\C#N)C(=O)Nc2cccc(Cl)c2)cc(Br)c1OCc1ccc(C)cc1. The van der Waals surface area contributed by atoms with Gasteiger partial charge in [-0.2, -0.15) is 5.26 Å². The Morgan fingerprint density at radius 1 is 1.15 bits per heavy atom. The van der Waals surface area contributed by atoms with Crippen molar-refractivity contribution in [3.8, 4) is 17.6 Å². The highest BCUT2D eigenvalue weighted by Crippen LogP contribution is 2.38. The molecule has 0 fully saturated rings. The molecule has 0 unspecified atom stereocenters. The fraction of sp³-hybridized carbons (Fsp3) is 0.154. The van der Waals surface area contributed by atoms with E-state index in [1.54, 1.807) is 36.4 Å². The minimum Gasteiger partial charge on any atom is -0.490 e. The maximum Gasteiger partial charge on any atom is 0.266 e. The summed E-state index contributed by atoms with van der Waals surface area (Å²) in [5.41, 5.74) is 3.27. The van der Waals surface area contributed by atoms with E-state index in [0.717, 1.165) is 5.56 Å². The van der Waals surface area contributed by atoms with Gasteiger partial charge in [0.05, 0.1) is 11.1 Å². The predicted molar refractivity (Wildman–Crippen MR) is 134 cm³/mol. The Morgan fingerprint density at radius 3 is 2.58 bits per heavy atom. The molecular formula is C26H22BrClN2O3. The van der Waals surface area contributed by atoms with Gasteiger partial charge in [0.1, 0.15) is 18.2 Å². The Morgan fingerprint density at radius 2 is 1.91 bits per heavy atom. The first-order valence-electron chi connectivity index (χ1n) is 10.2. The Hall–Kier alpha value is -3.27. The van der Waals surface area contributed by atoms with E-state index in [1.807, 2.05) is 44.2 Å². The molecule has 3 aromatic rings. The first-order chi connectivity index (χ1) is 15.9. The van der Waals surface area contributed by atoms with Gasteiger partial charge in [-0.15, -0.1) is 0 Å². The summed E-state index contributed by atoms with van der Waals surface area (Å²) in [4.78, 5) is 12.6. The molecule has 7 heteroatoms. The number of nitriles is 1. The van der Waals surface area contributed by atoms with E-state index >= 15 is 0 Å². The maximum absolute atomic E-state index is 12.6. The highest BCUT2D eigenvalue weighted by atomic mass is 79.9. The number of anilines is 1. The number of aryl methyl sites for hydroxylation is 1. The van der Waals surface area contributed by atoms with Crippen LogP contribution in [0, 0.1) is 18.3 Å². The van der Waals surface area contributed by atoms with Gasteiger partial charge in [0.15, 0.2) is 11.5 Å². The molecule has 0 bridgehead atoms. The van der Waals surface area contributed by atoms with Crippen LogP contribution in [-0.2, 0) is 11.4 Å². The van der Waals surface area contributed by atoms with E-state index in [0.29, 0.717) is 45.5 Å². The number of hydrogen-bond donors (Lipinski definition) is 1. The van der Waals surface area contributed by atoms with Crippen molar-refractivity contribution >= 4 is 45.2 Å². The third-order valence-electron chi connectivity index (χ3n) is 4.59. The number of benzene rings is 3. The van der Waals surface area contributed by atoms with Crippen molar-refractivity contribution in [1.82, 2.24) is 0 Å². The Bertz CT molecular complexity index is 1220. The van der Waals surface area contributed by atoms with E-state index in [4.69, 9.17) is 21.1 Å². The van der Waals surface area contributed by atoms with Crippen LogP contribution in [0.3, 0.4) is 0 Å². The summed E-state index contributed by atoms with van der Waals surface area (Å²) in [6.45, 7) is 4.71. The van der Waals surface area contributed by atoms with Crippen molar-refractivity contribution in [2.75, 3.05) is 11.9 Å². The Balaban J connectivity index is 1.84. The van der Waals surface area contributed by atoms with E-state index in [2.05, 4.69) is 21.2 Å². The molecule has 5 nitrogen and oxygen atoms in total. The average Bonchev–Trinajstić information content (AvgIpc) is 2.78. The monoisotopic (exact) mass is 524 g/mol. The molecule has 3 rings (SSSR count). The second kappa shape index (κ2) is 11.6. The van der Waals surface area contributed by atoms with Gasteiger partial charge in [-0.25, -0.2) is 0 Å². The summed E-state index contributed by atoms with van der Waals surface area (Å²) in [6.07, 6.45) is 1.50. The number of nitrogens with zero attached hydrogens (tertiary/aromatic N) is 1. The summed E-state index contributed by atoms with van der Waals surface area (Å²) in [7, 11) is 0. The molecule has 0 aliphatic rings. The molecule has 1 amide bonds. The lowest BCUT2D eigenvalue weighted by atomic mass is 10.1. The van der Waals surface area contributed by atoms with Crippen molar-refractivity contribution in [3.63, 3.8) is 0 Å². The second-order valence-electron chi connectivity index (χ2n) is 7.17. The number of carbonyl (C=O) groups is 1. The van der Waals surface area contributed by atoms with E-state index in [9.17, 15) is 10.1 Å². The van der Waals surface area contributed by atoms with Crippen LogP contribution in [-0.4, -0.2) is 12.5 Å². The molecule has 0 spiro atoms. The van der Waals surface area contributed by atoms with Crippen LogP contribution in [0.15, 0.2) is 70.7 Å². The van der Waals surface area contributed by atoms with Gasteiger partial charge < -0.3 is 14.8 Å². The molecular weight excluding hydrogens is 504 g/mol. The fourth-order valence-electron chi connectivity index (χ4n) is 2.99. The lowest BCUT2D eigenvalue weighted by Gasteiger charge is -2.15. The third kappa shape index (κ3) is 6.85. The van der Waals surface area contributed by atoms with Gasteiger partial charge >= 0.3 is 0 Å². The molecule has 33 heavy (non-hydrogen) atoms. The number of rotatable bonds is 8. The zero-order valence-electron chi connectivity index (χ0n) is 18.2. The standard InChI is InChI=1S/C26H22BrClN2O3/c1-3-32-24-13-19(11-20(15-29)26(31)30-22-6-4-5-21(28)14-22)12-23(27)25(24)33-16-18-9-7-17(2)8-10-18/h4-14H,3,16H2,1-2H3,(H,30,31)/b20-11+. The molecule has 3 aromatic carbocycles. The van der Waals surface area contributed by atoms with Gasteiger partial charge in [0.2, 0.25) is 0 Å². The van der Waals surface area contributed by atoms with Crippen LogP contribution >= 0.6 is 27.5 Å². The zero-order chi connectivity index (χ0) is 23.8. The van der Waals surface area contributed by atoms with Crippen LogP contribution in [0.4, 0.5) is 5.69 Å². The maximum atomic E-state index is 12.6. The minimum absolute atomic E-state index is 0.0577. The molecule has 1 N–H and O–H groups in total.